The molecule has 0 bridgehead atoms. The Morgan fingerprint density at radius 3 is 2.41 bits per heavy atom. The minimum atomic E-state index is -0.420. The molecular weight excluding hydrogens is 284 g/mol. The van der Waals surface area contributed by atoms with Gasteiger partial charge in [-0.1, -0.05) is 18.2 Å². The van der Waals surface area contributed by atoms with Gasteiger partial charge in [-0.25, -0.2) is 0 Å². The van der Waals surface area contributed by atoms with Crippen LogP contribution in [0.25, 0.3) is 0 Å². The highest BCUT2D eigenvalue weighted by Gasteiger charge is 2.08. The summed E-state index contributed by atoms with van der Waals surface area (Å²) in [5, 5.41) is 13.8. The van der Waals surface area contributed by atoms with Gasteiger partial charge in [-0.15, -0.1) is 0 Å². The molecule has 0 aliphatic rings. The first-order chi connectivity index (χ1) is 8.16. The van der Waals surface area contributed by atoms with Crippen LogP contribution in [-0.4, -0.2) is 4.92 Å². The van der Waals surface area contributed by atoms with Crippen LogP contribution in [0.15, 0.2) is 53.0 Å². The van der Waals surface area contributed by atoms with Crippen molar-refractivity contribution in [2.45, 2.75) is 0 Å². The molecule has 0 atom stereocenters. The number of halogens is 1. The Hall–Kier alpha value is -1.88. The quantitative estimate of drug-likeness (QED) is 0.684. The summed E-state index contributed by atoms with van der Waals surface area (Å²) in [7, 11) is 0. The molecule has 0 aliphatic heterocycles. The molecule has 0 unspecified atom stereocenters. The summed E-state index contributed by atoms with van der Waals surface area (Å²) in [6, 6.07) is 14.2. The van der Waals surface area contributed by atoms with Crippen molar-refractivity contribution in [2.24, 2.45) is 0 Å². The summed E-state index contributed by atoms with van der Waals surface area (Å²) in [4.78, 5) is 10.2. The number of para-hydroxylation sites is 1. The van der Waals surface area contributed by atoms with E-state index in [0.717, 1.165) is 11.4 Å². The first-order valence-electron chi connectivity index (χ1n) is 4.93. The molecule has 1 N–H and O–H groups in total. The van der Waals surface area contributed by atoms with Crippen LogP contribution in [0.3, 0.4) is 0 Å². The van der Waals surface area contributed by atoms with Crippen molar-refractivity contribution in [1.29, 1.82) is 0 Å². The normalized spacial score (nSPS) is 9.94. The smallest absolute Gasteiger partial charge is 0.270 e. The highest BCUT2D eigenvalue weighted by molar-refractivity contribution is 9.10. The Labute approximate surface area is 107 Å². The third-order valence-corrected chi connectivity index (χ3v) is 2.87. The second kappa shape index (κ2) is 4.97. The lowest BCUT2D eigenvalue weighted by molar-refractivity contribution is -0.384. The van der Waals surface area contributed by atoms with Crippen LogP contribution in [0.2, 0.25) is 0 Å². The van der Waals surface area contributed by atoms with Gasteiger partial charge in [-0.05, 0) is 34.1 Å². The summed E-state index contributed by atoms with van der Waals surface area (Å²) in [6.45, 7) is 0. The fraction of sp³-hybridized carbons (Fsp3) is 0. The molecule has 0 spiro atoms. The topological polar surface area (TPSA) is 55.2 Å². The lowest BCUT2D eigenvalue weighted by Gasteiger charge is -2.07. The van der Waals surface area contributed by atoms with Gasteiger partial charge in [0.1, 0.15) is 0 Å². The van der Waals surface area contributed by atoms with Gasteiger partial charge >= 0.3 is 0 Å². The van der Waals surface area contributed by atoms with Gasteiger partial charge in [0.25, 0.3) is 5.69 Å². The Morgan fingerprint density at radius 2 is 1.82 bits per heavy atom. The van der Waals surface area contributed by atoms with Crippen LogP contribution in [0, 0.1) is 10.1 Å². The first kappa shape index (κ1) is 11.6. The molecule has 86 valence electrons. The van der Waals surface area contributed by atoms with Crippen LogP contribution >= 0.6 is 15.9 Å². The van der Waals surface area contributed by atoms with Crippen molar-refractivity contribution in [3.8, 4) is 0 Å². The van der Waals surface area contributed by atoms with E-state index in [4.69, 9.17) is 0 Å². The SMILES string of the molecule is O=[N+]([O-])c1ccc(Nc2ccccc2)c(Br)c1. The van der Waals surface area contributed by atoms with E-state index in [0.29, 0.717) is 4.47 Å². The predicted octanol–water partition coefficient (Wildman–Crippen LogP) is 4.10. The number of non-ortho nitro benzene ring substituents is 1. The second-order valence-electron chi connectivity index (χ2n) is 3.41. The Kier molecular flexibility index (Phi) is 3.39. The number of nitro benzene ring substituents is 1. The van der Waals surface area contributed by atoms with Crippen molar-refractivity contribution >= 4 is 33.0 Å². The minimum Gasteiger partial charge on any atom is -0.355 e. The number of nitrogens with zero attached hydrogens (tertiary/aromatic N) is 1. The van der Waals surface area contributed by atoms with Gasteiger partial charge in [0.05, 0.1) is 10.6 Å². The standard InChI is InChI=1S/C12H9BrN2O2/c13-11-8-10(15(16)17)6-7-12(11)14-9-4-2-1-3-5-9/h1-8,14H. The first-order valence-corrected chi connectivity index (χ1v) is 5.72. The molecule has 0 aromatic heterocycles. The van der Waals surface area contributed by atoms with E-state index in [-0.39, 0.29) is 5.69 Å². The Morgan fingerprint density at radius 1 is 1.12 bits per heavy atom. The average Bonchev–Trinajstić information content (AvgIpc) is 2.33. The van der Waals surface area contributed by atoms with E-state index in [1.54, 1.807) is 6.07 Å². The molecular formula is C12H9BrN2O2. The summed E-state index contributed by atoms with van der Waals surface area (Å²) >= 11 is 3.31. The van der Waals surface area contributed by atoms with Crippen LogP contribution in [0.5, 0.6) is 0 Å². The zero-order chi connectivity index (χ0) is 12.3. The maximum absolute atomic E-state index is 10.6. The van der Waals surface area contributed by atoms with Gasteiger partial charge in [-0.3, -0.25) is 10.1 Å². The molecule has 2 aromatic rings. The number of benzene rings is 2. The molecule has 0 fully saturated rings. The van der Waals surface area contributed by atoms with Gasteiger partial charge in [0, 0.05) is 22.3 Å². The second-order valence-corrected chi connectivity index (χ2v) is 4.27. The Bertz CT molecular complexity index is 543. The van der Waals surface area contributed by atoms with Crippen LogP contribution in [0.1, 0.15) is 0 Å². The molecule has 4 nitrogen and oxygen atoms in total. The van der Waals surface area contributed by atoms with Crippen molar-refractivity contribution < 1.29 is 4.92 Å². The van der Waals surface area contributed by atoms with Gasteiger partial charge in [0.15, 0.2) is 0 Å². The van der Waals surface area contributed by atoms with Crippen molar-refractivity contribution in [1.82, 2.24) is 0 Å². The summed E-state index contributed by atoms with van der Waals surface area (Å²) in [5.41, 5.74) is 1.79. The van der Waals surface area contributed by atoms with E-state index in [1.807, 2.05) is 30.3 Å². The zero-order valence-electron chi connectivity index (χ0n) is 8.76. The largest absolute Gasteiger partial charge is 0.355 e. The maximum Gasteiger partial charge on any atom is 0.270 e. The number of nitrogens with one attached hydrogen (secondary N) is 1. The monoisotopic (exact) mass is 292 g/mol. The molecule has 2 rings (SSSR count). The highest BCUT2D eigenvalue weighted by Crippen LogP contribution is 2.29. The molecule has 0 aliphatic carbocycles. The summed E-state index contributed by atoms with van der Waals surface area (Å²) in [5.74, 6) is 0. The number of rotatable bonds is 3. The van der Waals surface area contributed by atoms with E-state index >= 15 is 0 Å². The van der Waals surface area contributed by atoms with Crippen molar-refractivity contribution in [3.63, 3.8) is 0 Å². The fourth-order valence-corrected chi connectivity index (χ4v) is 1.86. The van der Waals surface area contributed by atoms with E-state index in [9.17, 15) is 10.1 Å². The third kappa shape index (κ3) is 2.82. The number of hydrogen-bond acceptors (Lipinski definition) is 3. The van der Waals surface area contributed by atoms with Gasteiger partial charge < -0.3 is 5.32 Å². The number of hydrogen-bond donors (Lipinski definition) is 1. The average molecular weight is 293 g/mol. The van der Waals surface area contributed by atoms with E-state index in [2.05, 4.69) is 21.2 Å². The van der Waals surface area contributed by atoms with Crippen LogP contribution in [-0.2, 0) is 0 Å². The summed E-state index contributed by atoms with van der Waals surface area (Å²) in [6.07, 6.45) is 0. The van der Waals surface area contributed by atoms with E-state index < -0.39 is 4.92 Å². The molecule has 2 aromatic carbocycles. The zero-order valence-corrected chi connectivity index (χ0v) is 10.3. The fourth-order valence-electron chi connectivity index (χ4n) is 1.40. The molecule has 17 heavy (non-hydrogen) atoms. The molecule has 5 heteroatoms. The lowest BCUT2D eigenvalue weighted by atomic mass is 10.2. The number of anilines is 2. The van der Waals surface area contributed by atoms with Crippen LogP contribution < -0.4 is 5.32 Å². The minimum absolute atomic E-state index is 0.0653. The maximum atomic E-state index is 10.6. The van der Waals surface area contributed by atoms with Gasteiger partial charge in [0.2, 0.25) is 0 Å². The highest BCUT2D eigenvalue weighted by atomic mass is 79.9. The lowest BCUT2D eigenvalue weighted by Crippen LogP contribution is -1.93. The predicted molar refractivity (Wildman–Crippen MR) is 70.5 cm³/mol. The van der Waals surface area contributed by atoms with Crippen molar-refractivity contribution in [3.05, 3.63) is 63.1 Å². The van der Waals surface area contributed by atoms with Gasteiger partial charge in [-0.2, -0.15) is 0 Å². The Balaban J connectivity index is 2.26. The molecule has 0 heterocycles. The number of nitro groups is 1. The summed E-state index contributed by atoms with van der Waals surface area (Å²) < 4.78 is 0.663. The molecule has 0 radical (unpaired) electrons. The van der Waals surface area contributed by atoms with Crippen molar-refractivity contribution in [2.75, 3.05) is 5.32 Å². The van der Waals surface area contributed by atoms with E-state index in [1.165, 1.54) is 12.1 Å². The molecule has 0 saturated heterocycles. The third-order valence-electron chi connectivity index (χ3n) is 2.22. The molecule has 0 amide bonds. The molecule has 0 saturated carbocycles. The van der Waals surface area contributed by atoms with Crippen LogP contribution in [0.4, 0.5) is 17.1 Å².